The third kappa shape index (κ3) is 3.32. The Morgan fingerprint density at radius 3 is 2.61 bits per heavy atom. The summed E-state index contributed by atoms with van der Waals surface area (Å²) in [5, 5.41) is 4.06. The Bertz CT molecular complexity index is 1250. The van der Waals surface area contributed by atoms with Crippen LogP contribution in [0.3, 0.4) is 0 Å². The molecule has 2 aromatic heterocycles. The van der Waals surface area contributed by atoms with E-state index in [1.54, 1.807) is 19.1 Å². The van der Waals surface area contributed by atoms with Crippen LogP contribution in [0.15, 0.2) is 64.3 Å². The molecule has 0 aliphatic rings. The van der Waals surface area contributed by atoms with Gasteiger partial charge in [0.05, 0.1) is 6.54 Å². The minimum Gasteiger partial charge on any atom is -0.361 e. The summed E-state index contributed by atoms with van der Waals surface area (Å²) in [6.45, 7) is 2.07. The first-order valence-corrected chi connectivity index (χ1v) is 8.85. The molecule has 142 valence electrons. The van der Waals surface area contributed by atoms with E-state index in [1.165, 1.54) is 16.7 Å². The Labute approximate surface area is 159 Å². The van der Waals surface area contributed by atoms with Gasteiger partial charge in [-0.1, -0.05) is 12.1 Å². The number of aromatic nitrogens is 4. The molecule has 0 amide bonds. The van der Waals surface area contributed by atoms with Crippen molar-refractivity contribution in [3.05, 3.63) is 87.1 Å². The molecular weight excluding hydrogens is 361 g/mol. The molecule has 0 bridgehead atoms. The summed E-state index contributed by atoms with van der Waals surface area (Å²) in [5.74, 6) is -0.218. The van der Waals surface area contributed by atoms with Crippen LogP contribution in [-0.4, -0.2) is 19.1 Å². The third-order valence-corrected chi connectivity index (χ3v) is 4.53. The molecule has 4 aromatic rings. The normalized spacial score (nSPS) is 11.1. The summed E-state index contributed by atoms with van der Waals surface area (Å²) < 4.78 is 15.6. The fourth-order valence-corrected chi connectivity index (χ4v) is 3.07. The molecule has 2 heterocycles. The van der Waals surface area contributed by atoms with Crippen molar-refractivity contribution in [2.24, 2.45) is 0 Å². The zero-order chi connectivity index (χ0) is 19.7. The van der Waals surface area contributed by atoms with Crippen molar-refractivity contribution in [1.29, 1.82) is 0 Å². The van der Waals surface area contributed by atoms with Gasteiger partial charge >= 0.3 is 11.4 Å². The first-order chi connectivity index (χ1) is 13.5. The minimum atomic E-state index is -0.618. The summed E-state index contributed by atoms with van der Waals surface area (Å²) in [4.78, 5) is 32.3. The van der Waals surface area contributed by atoms with E-state index in [2.05, 4.69) is 15.3 Å². The number of hydrogen-bond acceptors (Lipinski definition) is 4. The molecular formula is C20H18FN5O2. The van der Waals surface area contributed by atoms with Crippen molar-refractivity contribution < 1.29 is 4.39 Å². The quantitative estimate of drug-likeness (QED) is 0.558. The molecule has 0 saturated carbocycles. The van der Waals surface area contributed by atoms with Crippen LogP contribution in [0, 0.1) is 5.82 Å². The van der Waals surface area contributed by atoms with Crippen LogP contribution in [0.2, 0.25) is 0 Å². The molecule has 0 aliphatic carbocycles. The van der Waals surface area contributed by atoms with Gasteiger partial charge in [-0.25, -0.2) is 18.5 Å². The lowest BCUT2D eigenvalue weighted by Gasteiger charge is -2.15. The maximum Gasteiger partial charge on any atom is 0.354 e. The van der Waals surface area contributed by atoms with Crippen LogP contribution in [0.1, 0.15) is 12.5 Å². The number of nitrogens with zero attached hydrogens (tertiary/aromatic N) is 3. The molecule has 0 radical (unpaired) electrons. The highest BCUT2D eigenvalue weighted by molar-refractivity contribution is 5.83. The average Bonchev–Trinajstić information content (AvgIpc) is 3.14. The summed E-state index contributed by atoms with van der Waals surface area (Å²) in [5.41, 5.74) is 1.30. The molecule has 28 heavy (non-hydrogen) atoms. The molecule has 7 nitrogen and oxygen atoms in total. The molecule has 0 aliphatic heterocycles. The van der Waals surface area contributed by atoms with E-state index in [-0.39, 0.29) is 24.9 Å². The lowest BCUT2D eigenvalue weighted by molar-refractivity contribution is 0.575. The zero-order valence-corrected chi connectivity index (χ0v) is 15.1. The third-order valence-electron chi connectivity index (χ3n) is 4.53. The molecule has 0 fully saturated rings. The van der Waals surface area contributed by atoms with Crippen LogP contribution in [0.25, 0.3) is 10.9 Å². The largest absolute Gasteiger partial charge is 0.361 e. The van der Waals surface area contributed by atoms with Gasteiger partial charge in [0.1, 0.15) is 5.82 Å². The second-order valence-electron chi connectivity index (χ2n) is 6.36. The zero-order valence-electron chi connectivity index (χ0n) is 15.1. The predicted octanol–water partition coefficient (Wildman–Crippen LogP) is 2.84. The smallest absolute Gasteiger partial charge is 0.354 e. The number of rotatable bonds is 5. The maximum absolute atomic E-state index is 13.2. The molecule has 4 rings (SSSR count). The lowest BCUT2D eigenvalue weighted by atomic mass is 10.2. The number of fused-ring (bicyclic) bond motifs is 1. The van der Waals surface area contributed by atoms with Crippen molar-refractivity contribution >= 4 is 22.5 Å². The van der Waals surface area contributed by atoms with E-state index in [4.69, 9.17) is 0 Å². The predicted molar refractivity (Wildman–Crippen MR) is 106 cm³/mol. The molecule has 0 spiro atoms. The molecule has 0 atom stereocenters. The van der Waals surface area contributed by atoms with Gasteiger partial charge in [-0.05, 0) is 48.9 Å². The Morgan fingerprint density at radius 2 is 1.86 bits per heavy atom. The highest BCUT2D eigenvalue weighted by Gasteiger charge is 2.13. The van der Waals surface area contributed by atoms with E-state index < -0.39 is 11.4 Å². The van der Waals surface area contributed by atoms with E-state index in [1.807, 2.05) is 30.5 Å². The SMILES string of the molecule is CCn1c(=O)nc(Nc2ccc3[nH]ccc3c2)n(Cc2ccc(F)cc2)c1=O. The average molecular weight is 379 g/mol. The topological polar surface area (TPSA) is 84.7 Å². The van der Waals surface area contributed by atoms with Crippen molar-refractivity contribution in [3.63, 3.8) is 0 Å². The molecule has 0 unspecified atom stereocenters. The van der Waals surface area contributed by atoms with Crippen molar-refractivity contribution in [1.82, 2.24) is 19.1 Å². The van der Waals surface area contributed by atoms with Gasteiger partial charge in [-0.15, -0.1) is 0 Å². The Hall–Kier alpha value is -3.68. The number of aromatic amines is 1. The minimum absolute atomic E-state index is 0.138. The number of benzene rings is 2. The van der Waals surface area contributed by atoms with Crippen LogP contribution in [0.5, 0.6) is 0 Å². The van der Waals surface area contributed by atoms with Crippen LogP contribution in [-0.2, 0) is 13.1 Å². The fourth-order valence-electron chi connectivity index (χ4n) is 3.07. The molecule has 2 N–H and O–H groups in total. The summed E-state index contributed by atoms with van der Waals surface area (Å²) in [6, 6.07) is 13.4. The first kappa shape index (κ1) is 17.7. The van der Waals surface area contributed by atoms with Crippen molar-refractivity contribution in [2.75, 3.05) is 5.32 Å². The van der Waals surface area contributed by atoms with Gasteiger partial charge in [0.25, 0.3) is 0 Å². The standard InChI is InChI=1S/C20H18FN5O2/c1-2-25-19(27)24-18(23-16-7-8-17-14(11-16)9-10-22-17)26(20(25)28)12-13-3-5-15(21)6-4-13/h3-11,22H,2,12H2,1H3,(H,23,24,27). The van der Waals surface area contributed by atoms with Crippen LogP contribution < -0.4 is 16.7 Å². The van der Waals surface area contributed by atoms with E-state index in [0.717, 1.165) is 21.0 Å². The maximum atomic E-state index is 13.2. The first-order valence-electron chi connectivity index (χ1n) is 8.85. The Balaban J connectivity index is 1.79. The van der Waals surface area contributed by atoms with Crippen molar-refractivity contribution in [2.45, 2.75) is 20.0 Å². The number of hydrogen-bond donors (Lipinski definition) is 2. The number of nitrogens with one attached hydrogen (secondary N) is 2. The number of halogens is 1. The van der Waals surface area contributed by atoms with Gasteiger partial charge < -0.3 is 10.3 Å². The Kier molecular flexibility index (Phi) is 4.52. The van der Waals surface area contributed by atoms with E-state index in [9.17, 15) is 14.0 Å². The van der Waals surface area contributed by atoms with Gasteiger partial charge in [0, 0.05) is 29.3 Å². The van der Waals surface area contributed by atoms with Gasteiger partial charge in [-0.2, -0.15) is 4.98 Å². The summed E-state index contributed by atoms with van der Waals surface area (Å²) in [7, 11) is 0. The summed E-state index contributed by atoms with van der Waals surface area (Å²) in [6.07, 6.45) is 1.83. The highest BCUT2D eigenvalue weighted by atomic mass is 19.1. The fraction of sp³-hybridized carbons (Fsp3) is 0.150. The number of anilines is 2. The Morgan fingerprint density at radius 1 is 1.07 bits per heavy atom. The van der Waals surface area contributed by atoms with Gasteiger partial charge in [0.2, 0.25) is 5.95 Å². The molecule has 8 heteroatoms. The van der Waals surface area contributed by atoms with E-state index >= 15 is 0 Å². The highest BCUT2D eigenvalue weighted by Crippen LogP contribution is 2.20. The van der Waals surface area contributed by atoms with Gasteiger partial charge in [-0.3, -0.25) is 4.57 Å². The number of H-pyrrole nitrogens is 1. The molecule has 0 saturated heterocycles. The van der Waals surface area contributed by atoms with Crippen molar-refractivity contribution in [3.8, 4) is 0 Å². The second kappa shape index (κ2) is 7.15. The lowest BCUT2D eigenvalue weighted by Crippen LogP contribution is -2.42. The molecule has 2 aromatic carbocycles. The summed E-state index contributed by atoms with van der Waals surface area (Å²) >= 11 is 0. The van der Waals surface area contributed by atoms with Gasteiger partial charge in [0.15, 0.2) is 0 Å². The van der Waals surface area contributed by atoms with Crippen LogP contribution in [0.4, 0.5) is 16.0 Å². The van der Waals surface area contributed by atoms with E-state index in [0.29, 0.717) is 5.69 Å². The van der Waals surface area contributed by atoms with Crippen LogP contribution >= 0.6 is 0 Å². The second-order valence-corrected chi connectivity index (χ2v) is 6.36. The monoisotopic (exact) mass is 379 g/mol.